The fourth-order valence-electron chi connectivity index (χ4n) is 2.82. The SMILES string of the molecule is CCC1CN(C(=O)c2ccccc2Cl)c2ccccc21.CCN. The molecule has 0 saturated heterocycles. The smallest absolute Gasteiger partial charge is 0.259 e. The van der Waals surface area contributed by atoms with Gasteiger partial charge in [-0.1, -0.05) is 55.8 Å². The van der Waals surface area contributed by atoms with Crippen LogP contribution in [0.5, 0.6) is 0 Å². The van der Waals surface area contributed by atoms with Crippen molar-refractivity contribution < 1.29 is 4.79 Å². The summed E-state index contributed by atoms with van der Waals surface area (Å²) >= 11 is 6.15. The van der Waals surface area contributed by atoms with Crippen molar-refractivity contribution in [2.45, 2.75) is 26.2 Å². The fraction of sp³-hybridized carbons (Fsp3) is 0.316. The summed E-state index contributed by atoms with van der Waals surface area (Å²) in [7, 11) is 0. The minimum Gasteiger partial charge on any atom is -0.331 e. The minimum atomic E-state index is -0.0148. The van der Waals surface area contributed by atoms with Gasteiger partial charge >= 0.3 is 0 Å². The van der Waals surface area contributed by atoms with E-state index in [0.717, 1.165) is 25.2 Å². The summed E-state index contributed by atoms with van der Waals surface area (Å²) < 4.78 is 0. The van der Waals surface area contributed by atoms with Crippen LogP contribution in [-0.4, -0.2) is 19.0 Å². The second-order valence-electron chi connectivity index (χ2n) is 5.47. The standard InChI is InChI=1S/C17H16ClNO.C2H7N/c1-2-12-11-19(16-10-6-4-7-13(12)16)17(20)14-8-3-5-9-15(14)18;1-2-3/h3-10,12H,2,11H2,1H3;2-3H2,1H3. The largest absolute Gasteiger partial charge is 0.331 e. The maximum Gasteiger partial charge on any atom is 0.259 e. The third-order valence-corrected chi connectivity index (χ3v) is 4.24. The molecule has 1 aliphatic heterocycles. The Hall–Kier alpha value is -1.84. The van der Waals surface area contributed by atoms with Gasteiger partial charge in [-0.3, -0.25) is 4.79 Å². The summed E-state index contributed by atoms with van der Waals surface area (Å²) in [5, 5.41) is 0.509. The van der Waals surface area contributed by atoms with E-state index in [1.165, 1.54) is 5.56 Å². The number of anilines is 1. The fourth-order valence-corrected chi connectivity index (χ4v) is 3.03. The molecule has 0 bridgehead atoms. The van der Waals surface area contributed by atoms with Crippen LogP contribution >= 0.6 is 11.6 Å². The van der Waals surface area contributed by atoms with Crippen molar-refractivity contribution in [3.8, 4) is 0 Å². The summed E-state index contributed by atoms with van der Waals surface area (Å²) in [5.74, 6) is 0.400. The molecule has 23 heavy (non-hydrogen) atoms. The Labute approximate surface area is 143 Å². The monoisotopic (exact) mass is 330 g/mol. The van der Waals surface area contributed by atoms with E-state index in [4.69, 9.17) is 17.3 Å². The zero-order chi connectivity index (χ0) is 16.8. The highest BCUT2D eigenvalue weighted by Gasteiger charge is 2.32. The number of amides is 1. The van der Waals surface area contributed by atoms with Gasteiger partial charge in [-0.05, 0) is 36.7 Å². The molecule has 2 N–H and O–H groups in total. The van der Waals surface area contributed by atoms with Crippen LogP contribution in [0.4, 0.5) is 5.69 Å². The molecule has 0 radical (unpaired) electrons. The van der Waals surface area contributed by atoms with E-state index in [2.05, 4.69) is 13.0 Å². The number of halogens is 1. The highest BCUT2D eigenvalue weighted by Crippen LogP contribution is 2.38. The van der Waals surface area contributed by atoms with Gasteiger partial charge in [-0.2, -0.15) is 0 Å². The highest BCUT2D eigenvalue weighted by atomic mass is 35.5. The number of carbonyl (C=O) groups is 1. The molecule has 0 saturated carbocycles. The molecule has 122 valence electrons. The van der Waals surface area contributed by atoms with Crippen LogP contribution in [0.1, 0.15) is 42.1 Å². The lowest BCUT2D eigenvalue weighted by Crippen LogP contribution is -2.29. The normalized spacial score (nSPS) is 15.7. The predicted molar refractivity (Wildman–Crippen MR) is 97.3 cm³/mol. The van der Waals surface area contributed by atoms with Crippen LogP contribution in [0.3, 0.4) is 0 Å². The molecule has 1 aliphatic rings. The first kappa shape index (κ1) is 17.5. The molecule has 2 aromatic carbocycles. The van der Waals surface area contributed by atoms with E-state index in [1.807, 2.05) is 42.2 Å². The van der Waals surface area contributed by atoms with Crippen LogP contribution in [0.25, 0.3) is 0 Å². The van der Waals surface area contributed by atoms with Gasteiger partial charge in [0, 0.05) is 18.2 Å². The van der Waals surface area contributed by atoms with E-state index in [1.54, 1.807) is 12.1 Å². The zero-order valence-electron chi connectivity index (χ0n) is 13.6. The Morgan fingerprint density at radius 2 is 1.78 bits per heavy atom. The van der Waals surface area contributed by atoms with Gasteiger partial charge in [0.2, 0.25) is 0 Å². The quantitative estimate of drug-likeness (QED) is 0.883. The maximum absolute atomic E-state index is 12.7. The Morgan fingerprint density at radius 1 is 1.17 bits per heavy atom. The molecule has 3 nitrogen and oxygen atoms in total. The van der Waals surface area contributed by atoms with E-state index < -0.39 is 0 Å². The van der Waals surface area contributed by atoms with Crippen molar-refractivity contribution >= 4 is 23.2 Å². The van der Waals surface area contributed by atoms with E-state index >= 15 is 0 Å². The molecular formula is C19H23ClN2O. The second-order valence-corrected chi connectivity index (χ2v) is 5.88. The van der Waals surface area contributed by atoms with Crippen LogP contribution in [0.15, 0.2) is 48.5 Å². The molecule has 1 heterocycles. The van der Waals surface area contributed by atoms with Crippen molar-refractivity contribution in [1.29, 1.82) is 0 Å². The van der Waals surface area contributed by atoms with Crippen molar-refractivity contribution in [1.82, 2.24) is 0 Å². The second kappa shape index (κ2) is 8.14. The Kier molecular flexibility index (Phi) is 6.20. The van der Waals surface area contributed by atoms with E-state index in [0.29, 0.717) is 16.5 Å². The topological polar surface area (TPSA) is 46.3 Å². The average molecular weight is 331 g/mol. The molecule has 3 rings (SSSR count). The molecule has 2 aromatic rings. The number of nitrogens with zero attached hydrogens (tertiary/aromatic N) is 1. The number of hydrogen-bond donors (Lipinski definition) is 1. The Bertz CT molecular complexity index is 672. The lowest BCUT2D eigenvalue weighted by Gasteiger charge is -2.18. The van der Waals surface area contributed by atoms with E-state index in [-0.39, 0.29) is 5.91 Å². The summed E-state index contributed by atoms with van der Waals surface area (Å²) in [5.41, 5.74) is 7.69. The molecule has 1 atom stereocenters. The first-order valence-electron chi connectivity index (χ1n) is 7.99. The molecule has 1 unspecified atom stereocenters. The lowest BCUT2D eigenvalue weighted by molar-refractivity contribution is 0.0988. The molecule has 0 aliphatic carbocycles. The molecule has 1 amide bonds. The molecule has 0 aromatic heterocycles. The minimum absolute atomic E-state index is 0.0148. The van der Waals surface area contributed by atoms with Gasteiger partial charge in [0.25, 0.3) is 5.91 Å². The van der Waals surface area contributed by atoms with Crippen molar-refractivity contribution in [2.75, 3.05) is 18.0 Å². The van der Waals surface area contributed by atoms with Crippen molar-refractivity contribution in [3.05, 3.63) is 64.7 Å². The lowest BCUT2D eigenvalue weighted by atomic mass is 9.99. The van der Waals surface area contributed by atoms with Crippen LogP contribution < -0.4 is 10.6 Å². The summed E-state index contributed by atoms with van der Waals surface area (Å²) in [6.07, 6.45) is 1.03. The van der Waals surface area contributed by atoms with Crippen LogP contribution in [-0.2, 0) is 0 Å². The Morgan fingerprint density at radius 3 is 2.43 bits per heavy atom. The Balaban J connectivity index is 0.000000595. The zero-order valence-corrected chi connectivity index (χ0v) is 14.4. The number of hydrogen-bond acceptors (Lipinski definition) is 2. The number of benzene rings is 2. The number of nitrogens with two attached hydrogens (primary N) is 1. The van der Waals surface area contributed by atoms with Gasteiger partial charge in [-0.15, -0.1) is 0 Å². The summed E-state index contributed by atoms with van der Waals surface area (Å²) in [6, 6.07) is 15.4. The number of fused-ring (bicyclic) bond motifs is 1. The highest BCUT2D eigenvalue weighted by molar-refractivity contribution is 6.34. The third-order valence-electron chi connectivity index (χ3n) is 3.91. The number of carbonyl (C=O) groups excluding carboxylic acids is 1. The van der Waals surface area contributed by atoms with Crippen molar-refractivity contribution in [2.24, 2.45) is 5.73 Å². The first-order chi connectivity index (χ1) is 11.1. The van der Waals surface area contributed by atoms with Crippen LogP contribution in [0.2, 0.25) is 5.02 Å². The number of rotatable bonds is 2. The summed E-state index contributed by atoms with van der Waals surface area (Å²) in [6.45, 7) is 5.55. The average Bonchev–Trinajstić information content (AvgIpc) is 2.94. The van der Waals surface area contributed by atoms with Crippen LogP contribution in [0, 0.1) is 0 Å². The van der Waals surface area contributed by atoms with Gasteiger partial charge in [0.05, 0.1) is 10.6 Å². The van der Waals surface area contributed by atoms with Gasteiger partial charge < -0.3 is 10.6 Å². The maximum atomic E-state index is 12.7. The molecule has 0 fully saturated rings. The predicted octanol–water partition coefficient (Wildman–Crippen LogP) is 4.46. The molecule has 4 heteroatoms. The first-order valence-corrected chi connectivity index (χ1v) is 8.37. The van der Waals surface area contributed by atoms with E-state index in [9.17, 15) is 4.79 Å². The van der Waals surface area contributed by atoms with Crippen molar-refractivity contribution in [3.63, 3.8) is 0 Å². The number of para-hydroxylation sites is 1. The summed E-state index contributed by atoms with van der Waals surface area (Å²) in [4.78, 5) is 14.6. The molecule has 0 spiro atoms. The van der Waals surface area contributed by atoms with Gasteiger partial charge in [-0.25, -0.2) is 0 Å². The molecular weight excluding hydrogens is 308 g/mol. The third kappa shape index (κ3) is 3.74. The van der Waals surface area contributed by atoms with Gasteiger partial charge in [0.1, 0.15) is 0 Å². The van der Waals surface area contributed by atoms with Gasteiger partial charge in [0.15, 0.2) is 0 Å².